The fourth-order valence-corrected chi connectivity index (χ4v) is 5.64. The third-order valence-corrected chi connectivity index (χ3v) is 7.80. The summed E-state index contributed by atoms with van der Waals surface area (Å²) in [6, 6.07) is 15.1. The molecule has 0 saturated heterocycles. The van der Waals surface area contributed by atoms with Gasteiger partial charge in [-0.15, -0.1) is 11.3 Å². The Balaban J connectivity index is 1.80. The maximum atomic E-state index is 13.8. The third kappa shape index (κ3) is 4.59. The van der Waals surface area contributed by atoms with E-state index >= 15 is 0 Å². The van der Waals surface area contributed by atoms with Crippen LogP contribution in [0.5, 0.6) is 0 Å². The van der Waals surface area contributed by atoms with Gasteiger partial charge in [0.15, 0.2) is 0 Å². The van der Waals surface area contributed by atoms with Crippen LogP contribution in [0, 0.1) is 0 Å². The molecule has 4 aromatic rings. The van der Waals surface area contributed by atoms with Crippen molar-refractivity contribution in [3.8, 4) is 11.1 Å². The number of nitrogens with one attached hydrogen (secondary N) is 1. The second kappa shape index (κ2) is 10.2. The summed E-state index contributed by atoms with van der Waals surface area (Å²) < 4.78 is 2.47. The second-order valence-corrected chi connectivity index (χ2v) is 10.6. The molecule has 0 bridgehead atoms. The monoisotopic (exact) mass is 537 g/mol. The summed E-state index contributed by atoms with van der Waals surface area (Å²) in [6.45, 7) is 8.18. The molecule has 2 aromatic heterocycles. The van der Waals surface area contributed by atoms with Crippen molar-refractivity contribution in [1.29, 1.82) is 0 Å². The van der Waals surface area contributed by atoms with E-state index in [0.717, 1.165) is 38.1 Å². The third-order valence-electron chi connectivity index (χ3n) is 6.03. The molecule has 7 heteroatoms. The van der Waals surface area contributed by atoms with Crippen molar-refractivity contribution in [3.63, 3.8) is 0 Å². The number of amides is 1. The molecule has 0 fully saturated rings. The highest BCUT2D eigenvalue weighted by Crippen LogP contribution is 2.37. The van der Waals surface area contributed by atoms with Crippen molar-refractivity contribution < 1.29 is 4.79 Å². The van der Waals surface area contributed by atoms with Crippen LogP contribution >= 0.6 is 27.3 Å². The van der Waals surface area contributed by atoms with E-state index in [0.29, 0.717) is 16.6 Å². The predicted molar refractivity (Wildman–Crippen MR) is 145 cm³/mol. The number of halogens is 1. The molecule has 0 spiro atoms. The number of hydrogen-bond acceptors (Lipinski definition) is 4. The first-order chi connectivity index (χ1) is 16.3. The summed E-state index contributed by atoms with van der Waals surface area (Å²) in [5.74, 6) is 0.0547. The molecule has 2 aromatic carbocycles. The van der Waals surface area contributed by atoms with Crippen molar-refractivity contribution in [2.24, 2.45) is 0 Å². The number of carbonyl (C=O) groups excluding carboxylic acids is 1. The summed E-state index contributed by atoms with van der Waals surface area (Å²) in [6.07, 6.45) is 2.80. The topological polar surface area (TPSA) is 64.0 Å². The van der Waals surface area contributed by atoms with E-state index in [2.05, 4.69) is 47.0 Å². The van der Waals surface area contributed by atoms with Gasteiger partial charge in [0, 0.05) is 20.6 Å². The Labute approximate surface area is 212 Å². The van der Waals surface area contributed by atoms with Gasteiger partial charge in [-0.3, -0.25) is 14.2 Å². The predicted octanol–water partition coefficient (Wildman–Crippen LogP) is 7.16. The molecule has 176 valence electrons. The van der Waals surface area contributed by atoms with E-state index in [4.69, 9.17) is 0 Å². The Bertz CT molecular complexity index is 1390. The minimum atomic E-state index is -0.660. The fraction of sp³-hybridized carbons (Fsp3) is 0.296. The number of fused-ring (bicyclic) bond motifs is 1. The number of anilines is 1. The molecular weight excluding hydrogens is 510 g/mol. The zero-order chi connectivity index (χ0) is 24.4. The van der Waals surface area contributed by atoms with Gasteiger partial charge >= 0.3 is 0 Å². The number of nitrogens with zero attached hydrogens (tertiary/aromatic N) is 2. The minimum Gasteiger partial charge on any atom is -0.324 e. The molecule has 1 N–H and O–H groups in total. The van der Waals surface area contributed by atoms with E-state index < -0.39 is 6.04 Å². The molecule has 5 nitrogen and oxygen atoms in total. The van der Waals surface area contributed by atoms with E-state index in [9.17, 15) is 9.59 Å². The Morgan fingerprint density at radius 1 is 1.12 bits per heavy atom. The largest absolute Gasteiger partial charge is 0.324 e. The highest BCUT2D eigenvalue weighted by atomic mass is 79.9. The summed E-state index contributed by atoms with van der Waals surface area (Å²) in [5, 5.41) is 3.64. The Hall–Kier alpha value is -2.77. The standard InChI is InChI=1S/C27H28BrN3O2S/c1-5-21(25(32)30-20-10-8-7-9-19(20)16(3)4)31-15-29-26-24(27(31)33)23(22(6-2)34-26)17-11-13-18(28)14-12-17/h7-16,21H,5-6H2,1-4H3,(H,30,32). The van der Waals surface area contributed by atoms with Crippen LogP contribution in [-0.2, 0) is 11.2 Å². The lowest BCUT2D eigenvalue weighted by Crippen LogP contribution is -2.33. The van der Waals surface area contributed by atoms with Gasteiger partial charge in [0.25, 0.3) is 5.56 Å². The van der Waals surface area contributed by atoms with Gasteiger partial charge in [-0.2, -0.15) is 0 Å². The lowest BCUT2D eigenvalue weighted by atomic mass is 10.0. The lowest BCUT2D eigenvalue weighted by Gasteiger charge is -2.20. The summed E-state index contributed by atoms with van der Waals surface area (Å²) in [4.78, 5) is 33.6. The molecule has 0 aliphatic rings. The maximum absolute atomic E-state index is 13.8. The number of hydrogen-bond donors (Lipinski definition) is 1. The van der Waals surface area contributed by atoms with Gasteiger partial charge in [-0.05, 0) is 48.1 Å². The van der Waals surface area contributed by atoms with Crippen molar-refractivity contribution in [2.75, 3.05) is 5.32 Å². The van der Waals surface area contributed by atoms with Crippen LogP contribution in [-0.4, -0.2) is 15.5 Å². The number of aryl methyl sites for hydroxylation is 1. The van der Waals surface area contributed by atoms with E-state index in [-0.39, 0.29) is 17.4 Å². The molecule has 1 unspecified atom stereocenters. The van der Waals surface area contributed by atoms with Crippen molar-refractivity contribution in [1.82, 2.24) is 9.55 Å². The minimum absolute atomic E-state index is 0.182. The fourth-order valence-electron chi connectivity index (χ4n) is 4.28. The van der Waals surface area contributed by atoms with Crippen LogP contribution in [0.4, 0.5) is 5.69 Å². The molecule has 4 rings (SSSR count). The molecule has 0 aliphatic carbocycles. The second-order valence-electron chi connectivity index (χ2n) is 8.55. The number of aromatic nitrogens is 2. The average molecular weight is 539 g/mol. The Kier molecular flexibility index (Phi) is 7.33. The van der Waals surface area contributed by atoms with Gasteiger partial charge in [-0.1, -0.05) is 74.0 Å². The zero-order valence-electron chi connectivity index (χ0n) is 19.8. The molecule has 34 heavy (non-hydrogen) atoms. The van der Waals surface area contributed by atoms with Crippen molar-refractivity contribution >= 4 is 49.1 Å². The van der Waals surface area contributed by atoms with Gasteiger partial charge in [0.05, 0.1) is 11.7 Å². The number of carbonyl (C=O) groups is 1. The maximum Gasteiger partial charge on any atom is 0.263 e. The van der Waals surface area contributed by atoms with Crippen LogP contribution in [0.15, 0.2) is 64.1 Å². The SMILES string of the molecule is CCc1sc2ncn(C(CC)C(=O)Nc3ccccc3C(C)C)c(=O)c2c1-c1ccc(Br)cc1. The summed E-state index contributed by atoms with van der Waals surface area (Å²) in [5.41, 5.74) is 3.56. The molecule has 0 saturated carbocycles. The number of benzene rings is 2. The van der Waals surface area contributed by atoms with E-state index in [1.165, 1.54) is 10.9 Å². The summed E-state index contributed by atoms with van der Waals surface area (Å²) in [7, 11) is 0. The molecule has 0 aliphatic heterocycles. The van der Waals surface area contributed by atoms with Crippen molar-refractivity contribution in [2.45, 2.75) is 52.5 Å². The summed E-state index contributed by atoms with van der Waals surface area (Å²) >= 11 is 5.03. The lowest BCUT2D eigenvalue weighted by molar-refractivity contribution is -0.119. The zero-order valence-corrected chi connectivity index (χ0v) is 22.2. The van der Waals surface area contributed by atoms with E-state index in [1.807, 2.05) is 55.5 Å². The van der Waals surface area contributed by atoms with Crippen LogP contribution in [0.3, 0.4) is 0 Å². The average Bonchev–Trinajstić information content (AvgIpc) is 3.21. The first kappa shape index (κ1) is 24.4. The quantitative estimate of drug-likeness (QED) is 0.272. The Morgan fingerprint density at radius 2 is 1.82 bits per heavy atom. The first-order valence-electron chi connectivity index (χ1n) is 11.5. The van der Waals surface area contributed by atoms with Crippen molar-refractivity contribution in [3.05, 3.63) is 80.1 Å². The van der Waals surface area contributed by atoms with Crippen LogP contribution in [0.25, 0.3) is 21.3 Å². The Morgan fingerprint density at radius 3 is 2.47 bits per heavy atom. The smallest absolute Gasteiger partial charge is 0.263 e. The first-order valence-corrected chi connectivity index (χ1v) is 13.1. The van der Waals surface area contributed by atoms with Gasteiger partial charge < -0.3 is 5.32 Å². The molecule has 1 atom stereocenters. The number of para-hydroxylation sites is 1. The molecule has 1 amide bonds. The number of thiophene rings is 1. The normalized spacial score (nSPS) is 12.3. The van der Waals surface area contributed by atoms with Gasteiger partial charge in [-0.25, -0.2) is 4.98 Å². The number of rotatable bonds is 7. The van der Waals surface area contributed by atoms with Crippen LogP contribution < -0.4 is 10.9 Å². The van der Waals surface area contributed by atoms with E-state index in [1.54, 1.807) is 11.3 Å². The molecule has 2 heterocycles. The van der Waals surface area contributed by atoms with Crippen LogP contribution in [0.2, 0.25) is 0 Å². The van der Waals surface area contributed by atoms with Gasteiger partial charge in [0.1, 0.15) is 10.9 Å². The highest BCUT2D eigenvalue weighted by Gasteiger charge is 2.25. The van der Waals surface area contributed by atoms with Crippen LogP contribution in [0.1, 0.15) is 56.5 Å². The van der Waals surface area contributed by atoms with Gasteiger partial charge in [0.2, 0.25) is 5.91 Å². The highest BCUT2D eigenvalue weighted by molar-refractivity contribution is 9.10. The molecule has 0 radical (unpaired) electrons. The molecular formula is C27H28BrN3O2S.